The van der Waals surface area contributed by atoms with Gasteiger partial charge in [-0.05, 0) is 43.5 Å². The van der Waals surface area contributed by atoms with Gasteiger partial charge in [0.25, 0.3) is 0 Å². The van der Waals surface area contributed by atoms with Crippen molar-refractivity contribution in [3.05, 3.63) is 70.5 Å². The highest BCUT2D eigenvalue weighted by atomic mass is 19.1. The Bertz CT molecular complexity index is 636. The third-order valence-electron chi connectivity index (χ3n) is 3.37. The van der Waals surface area contributed by atoms with Crippen LogP contribution in [0.1, 0.15) is 23.6 Å². The highest BCUT2D eigenvalue weighted by Crippen LogP contribution is 2.29. The van der Waals surface area contributed by atoms with Gasteiger partial charge in [0.1, 0.15) is 17.5 Å². The molecule has 0 aliphatic heterocycles. The Labute approximate surface area is 116 Å². The number of halogens is 3. The molecule has 2 aromatic carbocycles. The summed E-state index contributed by atoms with van der Waals surface area (Å²) in [5, 5.41) is 0. The van der Waals surface area contributed by atoms with Gasteiger partial charge in [-0.3, -0.25) is 0 Å². The van der Waals surface area contributed by atoms with Crippen molar-refractivity contribution in [1.82, 2.24) is 0 Å². The quantitative estimate of drug-likeness (QED) is 0.908. The van der Waals surface area contributed by atoms with Crippen LogP contribution in [0, 0.1) is 24.4 Å². The molecule has 0 fully saturated rings. The van der Waals surface area contributed by atoms with E-state index < -0.39 is 23.0 Å². The average Bonchev–Trinajstić information content (AvgIpc) is 2.37. The first-order chi connectivity index (χ1) is 9.33. The Balaban J connectivity index is 2.46. The van der Waals surface area contributed by atoms with E-state index in [1.807, 2.05) is 0 Å². The van der Waals surface area contributed by atoms with Gasteiger partial charge in [-0.2, -0.15) is 0 Å². The Kier molecular flexibility index (Phi) is 3.86. The van der Waals surface area contributed by atoms with Crippen LogP contribution in [0.5, 0.6) is 0 Å². The van der Waals surface area contributed by atoms with Crippen molar-refractivity contribution in [3.63, 3.8) is 0 Å². The molecule has 0 radical (unpaired) electrons. The molecule has 0 saturated heterocycles. The first kappa shape index (κ1) is 14.6. The molecule has 1 unspecified atom stereocenters. The molecule has 0 saturated carbocycles. The fourth-order valence-corrected chi connectivity index (χ4v) is 2.31. The predicted octanol–water partition coefficient (Wildman–Crippen LogP) is 3.83. The molecule has 1 atom stereocenters. The predicted molar refractivity (Wildman–Crippen MR) is 72.7 cm³/mol. The minimum Gasteiger partial charge on any atom is -0.321 e. The summed E-state index contributed by atoms with van der Waals surface area (Å²) in [6.07, 6.45) is 0.0109. The smallest absolute Gasteiger partial charge is 0.134 e. The van der Waals surface area contributed by atoms with Crippen LogP contribution in [-0.2, 0) is 12.0 Å². The summed E-state index contributed by atoms with van der Waals surface area (Å²) in [5.41, 5.74) is 5.17. The standard InChI is InChI=1S/C16H16F3N/c1-10-7-8-13(18)14(15(10)19)16(2,20)9-11-5-3-4-6-12(11)17/h3-8H,9,20H2,1-2H3. The Morgan fingerprint density at radius 1 is 1.00 bits per heavy atom. The highest BCUT2D eigenvalue weighted by molar-refractivity contribution is 5.34. The van der Waals surface area contributed by atoms with Crippen molar-refractivity contribution < 1.29 is 13.2 Å². The van der Waals surface area contributed by atoms with Crippen LogP contribution >= 0.6 is 0 Å². The summed E-state index contributed by atoms with van der Waals surface area (Å²) in [6, 6.07) is 8.62. The molecule has 20 heavy (non-hydrogen) atoms. The van der Waals surface area contributed by atoms with Crippen LogP contribution in [0.15, 0.2) is 36.4 Å². The van der Waals surface area contributed by atoms with Gasteiger partial charge in [0.05, 0.1) is 0 Å². The molecule has 0 aliphatic carbocycles. The molecule has 2 aromatic rings. The summed E-state index contributed by atoms with van der Waals surface area (Å²) in [5.74, 6) is -1.82. The van der Waals surface area contributed by atoms with Gasteiger partial charge in [0, 0.05) is 11.1 Å². The maximum absolute atomic E-state index is 14.1. The highest BCUT2D eigenvalue weighted by Gasteiger charge is 2.30. The van der Waals surface area contributed by atoms with Crippen LogP contribution in [0.3, 0.4) is 0 Å². The second kappa shape index (κ2) is 5.29. The van der Waals surface area contributed by atoms with E-state index in [2.05, 4.69) is 0 Å². The van der Waals surface area contributed by atoms with E-state index in [4.69, 9.17) is 5.73 Å². The Morgan fingerprint density at radius 3 is 2.30 bits per heavy atom. The van der Waals surface area contributed by atoms with Crippen LogP contribution in [0.4, 0.5) is 13.2 Å². The molecular weight excluding hydrogens is 263 g/mol. The van der Waals surface area contributed by atoms with Gasteiger partial charge in [-0.25, -0.2) is 13.2 Å². The van der Waals surface area contributed by atoms with E-state index in [9.17, 15) is 13.2 Å². The molecule has 0 bridgehead atoms. The van der Waals surface area contributed by atoms with E-state index in [0.29, 0.717) is 11.1 Å². The topological polar surface area (TPSA) is 26.0 Å². The van der Waals surface area contributed by atoms with Gasteiger partial charge in [0.15, 0.2) is 0 Å². The summed E-state index contributed by atoms with van der Waals surface area (Å²) in [6.45, 7) is 3.04. The molecule has 0 aliphatic rings. The summed E-state index contributed by atoms with van der Waals surface area (Å²) in [4.78, 5) is 0. The van der Waals surface area contributed by atoms with E-state index in [1.165, 1.54) is 32.0 Å². The lowest BCUT2D eigenvalue weighted by atomic mass is 9.85. The number of rotatable bonds is 3. The second-order valence-corrected chi connectivity index (χ2v) is 5.24. The van der Waals surface area contributed by atoms with Crippen molar-refractivity contribution in [1.29, 1.82) is 0 Å². The summed E-state index contributed by atoms with van der Waals surface area (Å²) >= 11 is 0. The molecule has 0 aromatic heterocycles. The number of hydrogen-bond acceptors (Lipinski definition) is 1. The lowest BCUT2D eigenvalue weighted by molar-refractivity contribution is 0.416. The maximum atomic E-state index is 14.1. The van der Waals surface area contributed by atoms with Gasteiger partial charge in [0.2, 0.25) is 0 Å². The number of aryl methyl sites for hydroxylation is 1. The van der Waals surface area contributed by atoms with E-state index in [0.717, 1.165) is 0 Å². The first-order valence-corrected chi connectivity index (χ1v) is 6.30. The van der Waals surface area contributed by atoms with Crippen LogP contribution in [-0.4, -0.2) is 0 Å². The SMILES string of the molecule is Cc1ccc(F)c(C(C)(N)Cc2ccccc2F)c1F. The van der Waals surface area contributed by atoms with Crippen molar-refractivity contribution in [2.45, 2.75) is 25.8 Å². The Morgan fingerprint density at radius 2 is 1.65 bits per heavy atom. The molecule has 2 N–H and O–H groups in total. The fourth-order valence-electron chi connectivity index (χ4n) is 2.31. The largest absolute Gasteiger partial charge is 0.321 e. The van der Waals surface area contributed by atoms with Crippen LogP contribution in [0.25, 0.3) is 0 Å². The van der Waals surface area contributed by atoms with Gasteiger partial charge in [-0.1, -0.05) is 24.3 Å². The van der Waals surface area contributed by atoms with Crippen molar-refractivity contribution in [2.75, 3.05) is 0 Å². The summed E-state index contributed by atoms with van der Waals surface area (Å²) in [7, 11) is 0. The zero-order valence-electron chi connectivity index (χ0n) is 11.4. The minimum atomic E-state index is -1.33. The molecule has 106 valence electrons. The van der Waals surface area contributed by atoms with Gasteiger partial charge >= 0.3 is 0 Å². The minimum absolute atomic E-state index is 0.0109. The van der Waals surface area contributed by atoms with Gasteiger partial charge < -0.3 is 5.73 Å². The molecule has 1 nitrogen and oxygen atoms in total. The maximum Gasteiger partial charge on any atom is 0.134 e. The molecule has 2 rings (SSSR count). The van der Waals surface area contributed by atoms with E-state index in [1.54, 1.807) is 18.2 Å². The lowest BCUT2D eigenvalue weighted by Crippen LogP contribution is -2.38. The molecule has 0 heterocycles. The van der Waals surface area contributed by atoms with Crippen LogP contribution in [0.2, 0.25) is 0 Å². The van der Waals surface area contributed by atoms with E-state index in [-0.39, 0.29) is 12.0 Å². The number of benzene rings is 2. The third kappa shape index (κ3) is 2.70. The first-order valence-electron chi connectivity index (χ1n) is 6.30. The third-order valence-corrected chi connectivity index (χ3v) is 3.37. The van der Waals surface area contributed by atoms with Crippen LogP contribution < -0.4 is 5.73 Å². The summed E-state index contributed by atoms with van der Waals surface area (Å²) < 4.78 is 41.7. The van der Waals surface area contributed by atoms with Crippen molar-refractivity contribution in [3.8, 4) is 0 Å². The van der Waals surface area contributed by atoms with Gasteiger partial charge in [-0.15, -0.1) is 0 Å². The molecule has 0 spiro atoms. The molecule has 4 heteroatoms. The monoisotopic (exact) mass is 279 g/mol. The lowest BCUT2D eigenvalue weighted by Gasteiger charge is -2.27. The zero-order chi connectivity index (χ0) is 14.9. The molecular formula is C16H16F3N. The second-order valence-electron chi connectivity index (χ2n) is 5.24. The fraction of sp³-hybridized carbons (Fsp3) is 0.250. The molecule has 0 amide bonds. The number of nitrogens with two attached hydrogens (primary N) is 1. The van der Waals surface area contributed by atoms with Crippen molar-refractivity contribution >= 4 is 0 Å². The number of hydrogen-bond donors (Lipinski definition) is 1. The Hall–Kier alpha value is -1.81. The van der Waals surface area contributed by atoms with E-state index >= 15 is 0 Å². The van der Waals surface area contributed by atoms with Crippen molar-refractivity contribution in [2.24, 2.45) is 5.73 Å². The average molecular weight is 279 g/mol. The normalized spacial score (nSPS) is 14.1. The zero-order valence-corrected chi connectivity index (χ0v) is 11.4.